The van der Waals surface area contributed by atoms with Crippen molar-refractivity contribution in [3.05, 3.63) is 121 Å². The van der Waals surface area contributed by atoms with Gasteiger partial charge in [0.05, 0.1) is 28.1 Å². The Labute approximate surface area is 214 Å². The highest BCUT2D eigenvalue weighted by Gasteiger charge is 2.30. The molecule has 5 aromatic carbocycles. The van der Waals surface area contributed by atoms with Crippen LogP contribution >= 0.6 is 11.8 Å². The van der Waals surface area contributed by atoms with Crippen molar-refractivity contribution in [3.8, 4) is 22.5 Å². The van der Waals surface area contributed by atoms with E-state index in [1.165, 1.54) is 26.9 Å². The van der Waals surface area contributed by atoms with E-state index in [1.54, 1.807) is 0 Å². The van der Waals surface area contributed by atoms with Crippen molar-refractivity contribution in [2.45, 2.75) is 10.3 Å². The Morgan fingerprint density at radius 2 is 1.28 bits per heavy atom. The predicted octanol–water partition coefficient (Wildman–Crippen LogP) is 8.36. The van der Waals surface area contributed by atoms with Crippen LogP contribution in [0.5, 0.6) is 0 Å². The molecule has 2 heterocycles. The SMILES string of the molecule is CN1c2ccc3cc(-c4nc5ccccc5nc4-c4ccccc4)ccc3c2SC1c1ccccc1. The van der Waals surface area contributed by atoms with Crippen molar-refractivity contribution < 1.29 is 0 Å². The summed E-state index contributed by atoms with van der Waals surface area (Å²) in [5.41, 5.74) is 8.39. The summed E-state index contributed by atoms with van der Waals surface area (Å²) in [4.78, 5) is 13.8. The standard InChI is InChI=1S/C32H23N3S/c1-35-28-19-17-23-20-24(16-18-25(23)31(28)36-32(35)22-12-6-3-7-13-22)30-29(21-10-4-2-5-11-21)33-26-14-8-9-15-27(26)34-30/h2-20,32H,1H3. The molecule has 7 rings (SSSR count). The van der Waals surface area contributed by atoms with Crippen LogP contribution in [-0.2, 0) is 0 Å². The van der Waals surface area contributed by atoms with Gasteiger partial charge in [-0.25, -0.2) is 9.97 Å². The van der Waals surface area contributed by atoms with E-state index in [4.69, 9.17) is 9.97 Å². The Morgan fingerprint density at radius 3 is 2.00 bits per heavy atom. The summed E-state index contributed by atoms with van der Waals surface area (Å²) in [6.07, 6.45) is 0. The molecule has 3 nitrogen and oxygen atoms in total. The van der Waals surface area contributed by atoms with Crippen molar-refractivity contribution in [1.29, 1.82) is 0 Å². The van der Waals surface area contributed by atoms with Gasteiger partial charge in [-0.1, -0.05) is 103 Å². The van der Waals surface area contributed by atoms with Gasteiger partial charge in [-0.2, -0.15) is 0 Å². The summed E-state index contributed by atoms with van der Waals surface area (Å²) < 4.78 is 0. The van der Waals surface area contributed by atoms with Crippen molar-refractivity contribution in [3.63, 3.8) is 0 Å². The quantitative estimate of drug-likeness (QED) is 0.254. The molecule has 1 aromatic heterocycles. The first-order chi connectivity index (χ1) is 17.8. The van der Waals surface area contributed by atoms with E-state index in [0.717, 1.165) is 33.5 Å². The van der Waals surface area contributed by atoms with Gasteiger partial charge in [0.1, 0.15) is 5.37 Å². The second kappa shape index (κ2) is 8.51. The molecule has 1 aliphatic rings. The Hall–Kier alpha value is -4.15. The van der Waals surface area contributed by atoms with Gasteiger partial charge in [-0.3, -0.25) is 0 Å². The van der Waals surface area contributed by atoms with Crippen molar-refractivity contribution in [2.24, 2.45) is 0 Å². The largest absolute Gasteiger partial charge is 0.357 e. The minimum absolute atomic E-state index is 0.280. The van der Waals surface area contributed by atoms with Gasteiger partial charge in [-0.15, -0.1) is 0 Å². The van der Waals surface area contributed by atoms with E-state index in [-0.39, 0.29) is 5.37 Å². The van der Waals surface area contributed by atoms with E-state index in [0.29, 0.717) is 0 Å². The fraction of sp³-hybridized carbons (Fsp3) is 0.0625. The first kappa shape index (κ1) is 21.2. The summed E-state index contributed by atoms with van der Waals surface area (Å²) in [5.74, 6) is 0. The minimum Gasteiger partial charge on any atom is -0.357 e. The van der Waals surface area contributed by atoms with Gasteiger partial charge in [0, 0.05) is 23.1 Å². The number of hydrogen-bond donors (Lipinski definition) is 0. The molecule has 1 atom stereocenters. The number of para-hydroxylation sites is 2. The number of anilines is 1. The second-order valence-electron chi connectivity index (χ2n) is 9.12. The van der Waals surface area contributed by atoms with Crippen LogP contribution in [-0.4, -0.2) is 17.0 Å². The Bertz CT molecular complexity index is 1730. The zero-order valence-corrected chi connectivity index (χ0v) is 20.6. The molecular formula is C32H23N3S. The van der Waals surface area contributed by atoms with Crippen LogP contribution in [0.15, 0.2) is 120 Å². The maximum Gasteiger partial charge on any atom is 0.105 e. The molecule has 0 saturated heterocycles. The van der Waals surface area contributed by atoms with Crippen LogP contribution in [0.4, 0.5) is 5.69 Å². The average molecular weight is 482 g/mol. The average Bonchev–Trinajstić information content (AvgIpc) is 3.29. The van der Waals surface area contributed by atoms with Crippen LogP contribution in [0.25, 0.3) is 44.3 Å². The van der Waals surface area contributed by atoms with E-state index in [2.05, 4.69) is 96.9 Å². The fourth-order valence-electron chi connectivity index (χ4n) is 5.06. The topological polar surface area (TPSA) is 29.0 Å². The maximum atomic E-state index is 5.09. The molecule has 0 fully saturated rings. The predicted molar refractivity (Wildman–Crippen MR) is 151 cm³/mol. The summed E-state index contributed by atoms with van der Waals surface area (Å²) in [6, 6.07) is 40.4. The Kier molecular flexibility index (Phi) is 5.00. The fourth-order valence-corrected chi connectivity index (χ4v) is 6.50. The zero-order valence-electron chi connectivity index (χ0n) is 19.8. The first-order valence-corrected chi connectivity index (χ1v) is 13.0. The number of nitrogens with zero attached hydrogens (tertiary/aromatic N) is 3. The first-order valence-electron chi connectivity index (χ1n) is 12.1. The molecule has 172 valence electrons. The molecular weight excluding hydrogens is 458 g/mol. The molecule has 36 heavy (non-hydrogen) atoms. The lowest BCUT2D eigenvalue weighted by Gasteiger charge is -2.21. The molecule has 0 aliphatic carbocycles. The number of rotatable bonds is 3. The van der Waals surface area contributed by atoms with Gasteiger partial charge < -0.3 is 4.90 Å². The molecule has 0 spiro atoms. The van der Waals surface area contributed by atoms with Crippen LogP contribution in [0.1, 0.15) is 10.9 Å². The highest BCUT2D eigenvalue weighted by Crippen LogP contribution is 2.53. The van der Waals surface area contributed by atoms with E-state index in [1.807, 2.05) is 42.1 Å². The molecule has 4 heteroatoms. The van der Waals surface area contributed by atoms with Crippen LogP contribution < -0.4 is 4.90 Å². The third-order valence-electron chi connectivity index (χ3n) is 6.89. The van der Waals surface area contributed by atoms with Crippen LogP contribution in [0.2, 0.25) is 0 Å². The molecule has 0 amide bonds. The number of benzene rings is 5. The smallest absolute Gasteiger partial charge is 0.105 e. The maximum absolute atomic E-state index is 5.09. The zero-order chi connectivity index (χ0) is 24.1. The Balaban J connectivity index is 1.37. The van der Waals surface area contributed by atoms with Gasteiger partial charge in [-0.05, 0) is 40.6 Å². The van der Waals surface area contributed by atoms with Gasteiger partial charge in [0.15, 0.2) is 0 Å². The summed E-state index contributed by atoms with van der Waals surface area (Å²) in [7, 11) is 2.19. The lowest BCUT2D eigenvalue weighted by Crippen LogP contribution is -2.16. The number of thioether (sulfide) groups is 1. The second-order valence-corrected chi connectivity index (χ2v) is 10.2. The lowest BCUT2D eigenvalue weighted by atomic mass is 10.00. The number of aromatic nitrogens is 2. The van der Waals surface area contributed by atoms with E-state index < -0.39 is 0 Å². The molecule has 0 N–H and O–H groups in total. The van der Waals surface area contributed by atoms with E-state index >= 15 is 0 Å². The van der Waals surface area contributed by atoms with Crippen molar-refractivity contribution in [1.82, 2.24) is 9.97 Å². The minimum atomic E-state index is 0.280. The van der Waals surface area contributed by atoms with Gasteiger partial charge in [0.25, 0.3) is 0 Å². The van der Waals surface area contributed by atoms with E-state index in [9.17, 15) is 0 Å². The normalized spacial score (nSPS) is 14.9. The molecule has 0 bridgehead atoms. The monoisotopic (exact) mass is 481 g/mol. The highest BCUT2D eigenvalue weighted by atomic mass is 32.2. The van der Waals surface area contributed by atoms with Gasteiger partial charge in [0.2, 0.25) is 0 Å². The van der Waals surface area contributed by atoms with Crippen molar-refractivity contribution in [2.75, 3.05) is 11.9 Å². The Morgan fingerprint density at radius 1 is 0.639 bits per heavy atom. The number of hydrogen-bond acceptors (Lipinski definition) is 4. The number of fused-ring (bicyclic) bond motifs is 4. The van der Waals surface area contributed by atoms with Crippen LogP contribution in [0.3, 0.4) is 0 Å². The third kappa shape index (κ3) is 3.45. The molecule has 6 aromatic rings. The molecule has 0 radical (unpaired) electrons. The summed E-state index contributed by atoms with van der Waals surface area (Å²) in [6.45, 7) is 0. The van der Waals surface area contributed by atoms with Crippen LogP contribution in [0, 0.1) is 0 Å². The molecule has 1 unspecified atom stereocenters. The molecule has 1 aliphatic heterocycles. The lowest BCUT2D eigenvalue weighted by molar-refractivity contribution is 0.914. The highest BCUT2D eigenvalue weighted by molar-refractivity contribution is 8.00. The van der Waals surface area contributed by atoms with Crippen molar-refractivity contribution >= 4 is 39.3 Å². The third-order valence-corrected chi connectivity index (χ3v) is 8.36. The molecule has 0 saturated carbocycles. The summed E-state index contributed by atoms with van der Waals surface area (Å²) >= 11 is 1.93. The summed E-state index contributed by atoms with van der Waals surface area (Å²) in [5, 5.41) is 2.78. The van der Waals surface area contributed by atoms with Gasteiger partial charge >= 0.3 is 0 Å².